The van der Waals surface area contributed by atoms with Gasteiger partial charge in [0.2, 0.25) is 0 Å². The van der Waals surface area contributed by atoms with E-state index in [9.17, 15) is 17.6 Å². The van der Waals surface area contributed by atoms with Gasteiger partial charge in [0.05, 0.1) is 11.0 Å². The third kappa shape index (κ3) is 3.43. The van der Waals surface area contributed by atoms with Gasteiger partial charge in [-0.3, -0.25) is 0 Å². The lowest BCUT2D eigenvalue weighted by Gasteiger charge is -2.10. The second kappa shape index (κ2) is 6.87. The van der Waals surface area contributed by atoms with Gasteiger partial charge >= 0.3 is 0 Å². The van der Waals surface area contributed by atoms with Gasteiger partial charge in [0.25, 0.3) is 0 Å². The van der Waals surface area contributed by atoms with Gasteiger partial charge in [0.1, 0.15) is 5.82 Å². The predicted octanol–water partition coefficient (Wildman–Crippen LogP) is 5.23. The molecule has 0 N–H and O–H groups in total. The summed E-state index contributed by atoms with van der Waals surface area (Å²) in [5.41, 5.74) is 2.69. The first-order chi connectivity index (χ1) is 13.0. The fourth-order valence-electron chi connectivity index (χ4n) is 3.09. The van der Waals surface area contributed by atoms with Gasteiger partial charge in [0.15, 0.2) is 23.3 Å². The van der Waals surface area contributed by atoms with E-state index in [0.29, 0.717) is 17.0 Å². The van der Waals surface area contributed by atoms with E-state index in [1.165, 1.54) is 12.1 Å². The zero-order chi connectivity index (χ0) is 19.0. The Morgan fingerprint density at radius 2 is 1.33 bits per heavy atom. The van der Waals surface area contributed by atoms with Crippen molar-refractivity contribution in [3.8, 4) is 0 Å². The summed E-state index contributed by atoms with van der Waals surface area (Å²) in [6.45, 7) is 0.275. The van der Waals surface area contributed by atoms with E-state index < -0.39 is 23.3 Å². The molecule has 0 spiro atoms. The van der Waals surface area contributed by atoms with E-state index in [-0.39, 0.29) is 13.0 Å². The number of benzene rings is 3. The van der Waals surface area contributed by atoms with Crippen LogP contribution in [0.3, 0.4) is 0 Å². The Balaban J connectivity index is 1.76. The standard InChI is InChI=1S/C21H14F4N2/c22-15-7-5-13(9-17(15)24)11-21-26-19-3-1-2-4-20(19)27(21)12-14-6-8-16(23)18(25)10-14/h1-10H,11-12H2. The second-order valence-corrected chi connectivity index (χ2v) is 6.28. The van der Waals surface area contributed by atoms with Crippen LogP contribution in [-0.4, -0.2) is 9.55 Å². The normalized spacial score (nSPS) is 11.3. The van der Waals surface area contributed by atoms with E-state index >= 15 is 0 Å². The van der Waals surface area contributed by atoms with Crippen LogP contribution in [-0.2, 0) is 13.0 Å². The van der Waals surface area contributed by atoms with Crippen LogP contribution < -0.4 is 0 Å². The Morgan fingerprint density at radius 3 is 2.04 bits per heavy atom. The number of rotatable bonds is 4. The molecule has 0 fully saturated rings. The maximum Gasteiger partial charge on any atom is 0.159 e. The van der Waals surface area contributed by atoms with Crippen molar-refractivity contribution in [2.45, 2.75) is 13.0 Å². The van der Waals surface area contributed by atoms with Crippen molar-refractivity contribution in [3.05, 3.63) is 101 Å². The summed E-state index contributed by atoms with van der Waals surface area (Å²) in [7, 11) is 0. The Labute approximate surface area is 152 Å². The van der Waals surface area contributed by atoms with Crippen LogP contribution in [0.25, 0.3) is 11.0 Å². The lowest BCUT2D eigenvalue weighted by atomic mass is 10.1. The largest absolute Gasteiger partial charge is 0.323 e. The van der Waals surface area contributed by atoms with Crippen molar-refractivity contribution in [2.24, 2.45) is 0 Å². The molecule has 4 aromatic rings. The molecular weight excluding hydrogens is 356 g/mol. The lowest BCUT2D eigenvalue weighted by molar-refractivity contribution is 0.506. The van der Waals surface area contributed by atoms with Crippen LogP contribution in [0.1, 0.15) is 17.0 Å². The van der Waals surface area contributed by atoms with Crippen molar-refractivity contribution in [1.29, 1.82) is 0 Å². The molecule has 0 radical (unpaired) electrons. The average molecular weight is 370 g/mol. The summed E-state index contributed by atoms with van der Waals surface area (Å²) in [6, 6.07) is 14.9. The molecule has 1 aromatic heterocycles. The maximum absolute atomic E-state index is 13.6. The van der Waals surface area contributed by atoms with Crippen molar-refractivity contribution < 1.29 is 17.6 Å². The predicted molar refractivity (Wildman–Crippen MR) is 94.4 cm³/mol. The Kier molecular flexibility index (Phi) is 4.39. The fraction of sp³-hybridized carbons (Fsp3) is 0.0952. The van der Waals surface area contributed by atoms with Crippen LogP contribution in [0.5, 0.6) is 0 Å². The quantitative estimate of drug-likeness (QED) is 0.450. The molecule has 0 unspecified atom stereocenters. The Bertz CT molecular complexity index is 1130. The molecule has 136 valence electrons. The number of aromatic nitrogens is 2. The molecule has 0 saturated carbocycles. The highest BCUT2D eigenvalue weighted by atomic mass is 19.2. The molecule has 27 heavy (non-hydrogen) atoms. The highest BCUT2D eigenvalue weighted by molar-refractivity contribution is 5.76. The van der Waals surface area contributed by atoms with Crippen molar-refractivity contribution in [3.63, 3.8) is 0 Å². The summed E-state index contributed by atoms with van der Waals surface area (Å²) in [5.74, 6) is -3.04. The third-order valence-corrected chi connectivity index (χ3v) is 4.40. The average Bonchev–Trinajstić information content (AvgIpc) is 2.99. The highest BCUT2D eigenvalue weighted by Gasteiger charge is 2.13. The van der Waals surface area contributed by atoms with E-state index in [4.69, 9.17) is 0 Å². The van der Waals surface area contributed by atoms with Gasteiger partial charge < -0.3 is 4.57 Å². The van der Waals surface area contributed by atoms with E-state index in [1.54, 1.807) is 0 Å². The third-order valence-electron chi connectivity index (χ3n) is 4.40. The lowest BCUT2D eigenvalue weighted by Crippen LogP contribution is -2.07. The number of para-hydroxylation sites is 2. The number of halogens is 4. The van der Waals surface area contributed by atoms with E-state index in [1.807, 2.05) is 28.8 Å². The Morgan fingerprint density at radius 1 is 0.704 bits per heavy atom. The SMILES string of the molecule is Fc1ccc(Cc2nc3ccccc3n2Cc2ccc(F)c(F)c2)cc1F. The first-order valence-electron chi connectivity index (χ1n) is 8.33. The van der Waals surface area contributed by atoms with Crippen LogP contribution >= 0.6 is 0 Å². The van der Waals surface area contributed by atoms with Crippen LogP contribution in [0.2, 0.25) is 0 Å². The summed E-state index contributed by atoms with van der Waals surface area (Å²) in [6.07, 6.45) is 0.273. The minimum absolute atomic E-state index is 0.273. The number of imidazole rings is 1. The molecule has 2 nitrogen and oxygen atoms in total. The molecular formula is C21H14F4N2. The molecule has 0 atom stereocenters. The molecule has 6 heteroatoms. The molecule has 0 aliphatic rings. The van der Waals surface area contributed by atoms with Crippen LogP contribution in [0, 0.1) is 23.3 Å². The summed E-state index contributed by atoms with van der Waals surface area (Å²) in [5, 5.41) is 0. The molecule has 0 saturated heterocycles. The number of fused-ring (bicyclic) bond motifs is 1. The van der Waals surface area contributed by atoms with Gasteiger partial charge in [-0.2, -0.15) is 0 Å². The summed E-state index contributed by atoms with van der Waals surface area (Å²) >= 11 is 0. The first kappa shape index (κ1) is 17.3. The molecule has 0 aliphatic heterocycles. The summed E-state index contributed by atoms with van der Waals surface area (Å²) in [4.78, 5) is 4.58. The number of hydrogen-bond donors (Lipinski definition) is 0. The zero-order valence-corrected chi connectivity index (χ0v) is 14.1. The highest BCUT2D eigenvalue weighted by Crippen LogP contribution is 2.21. The molecule has 3 aromatic carbocycles. The minimum atomic E-state index is -0.921. The van der Waals surface area contributed by atoms with E-state index in [0.717, 1.165) is 35.3 Å². The number of hydrogen-bond acceptors (Lipinski definition) is 1. The topological polar surface area (TPSA) is 17.8 Å². The van der Waals surface area contributed by atoms with Crippen LogP contribution in [0.15, 0.2) is 60.7 Å². The molecule has 0 aliphatic carbocycles. The van der Waals surface area contributed by atoms with Crippen molar-refractivity contribution in [1.82, 2.24) is 9.55 Å². The molecule has 0 bridgehead atoms. The van der Waals surface area contributed by atoms with Crippen LogP contribution in [0.4, 0.5) is 17.6 Å². The van der Waals surface area contributed by atoms with Gasteiger partial charge in [-0.25, -0.2) is 22.5 Å². The minimum Gasteiger partial charge on any atom is -0.323 e. The number of nitrogens with zero attached hydrogens (tertiary/aromatic N) is 2. The first-order valence-corrected chi connectivity index (χ1v) is 8.33. The molecule has 0 amide bonds. The molecule has 1 heterocycles. The van der Waals surface area contributed by atoms with Gasteiger partial charge in [-0.05, 0) is 47.5 Å². The van der Waals surface area contributed by atoms with Gasteiger partial charge in [0, 0.05) is 13.0 Å². The van der Waals surface area contributed by atoms with E-state index in [2.05, 4.69) is 4.98 Å². The van der Waals surface area contributed by atoms with Crippen molar-refractivity contribution in [2.75, 3.05) is 0 Å². The summed E-state index contributed by atoms with van der Waals surface area (Å²) < 4.78 is 55.4. The Hall–Kier alpha value is -3.15. The molecule has 4 rings (SSSR count). The van der Waals surface area contributed by atoms with Gasteiger partial charge in [-0.1, -0.05) is 24.3 Å². The van der Waals surface area contributed by atoms with Crippen molar-refractivity contribution >= 4 is 11.0 Å². The monoisotopic (exact) mass is 370 g/mol. The fourth-order valence-corrected chi connectivity index (χ4v) is 3.09. The van der Waals surface area contributed by atoms with Gasteiger partial charge in [-0.15, -0.1) is 0 Å². The smallest absolute Gasteiger partial charge is 0.159 e. The maximum atomic E-state index is 13.6. The second-order valence-electron chi connectivity index (χ2n) is 6.28. The zero-order valence-electron chi connectivity index (χ0n) is 14.1.